The number of nitrogens with zero attached hydrogens (tertiary/aromatic N) is 1. The van der Waals surface area contributed by atoms with E-state index in [-0.39, 0.29) is 5.92 Å². The summed E-state index contributed by atoms with van der Waals surface area (Å²) in [6, 6.07) is 0. The van der Waals surface area contributed by atoms with Crippen molar-refractivity contribution in [2.45, 2.75) is 59.3 Å². The summed E-state index contributed by atoms with van der Waals surface area (Å²) in [4.78, 5) is 14.5. The molecule has 0 saturated heterocycles. The first-order valence-corrected chi connectivity index (χ1v) is 7.64. The summed E-state index contributed by atoms with van der Waals surface area (Å²) < 4.78 is 0. The molecule has 1 heterocycles. The van der Waals surface area contributed by atoms with Crippen LogP contribution in [0.2, 0.25) is 0 Å². The lowest BCUT2D eigenvalue weighted by Crippen LogP contribution is -2.41. The molecule has 1 amide bonds. The number of unbranched alkanes of at least 4 members (excludes halogenated alkanes) is 3. The topological polar surface area (TPSA) is 20.3 Å². The molecule has 2 aliphatic rings. The summed E-state index contributed by atoms with van der Waals surface area (Å²) in [6.45, 7) is 7.60. The van der Waals surface area contributed by atoms with Crippen molar-refractivity contribution in [1.82, 2.24) is 4.90 Å². The third-order valence-corrected chi connectivity index (χ3v) is 4.74. The highest BCUT2D eigenvalue weighted by atomic mass is 16.2. The van der Waals surface area contributed by atoms with Gasteiger partial charge in [-0.05, 0) is 38.0 Å². The maximum absolute atomic E-state index is 12.5. The van der Waals surface area contributed by atoms with Crippen LogP contribution in [0.3, 0.4) is 0 Å². The maximum atomic E-state index is 12.5. The molecular weight excluding hydrogens is 222 g/mol. The fraction of sp³-hybridized carbons (Fsp3) is 0.812. The van der Waals surface area contributed by atoms with Crippen molar-refractivity contribution in [2.24, 2.45) is 17.8 Å². The Labute approximate surface area is 111 Å². The predicted octanol–water partition coefficient (Wildman–Crippen LogP) is 3.98. The molecule has 0 aromatic heterocycles. The van der Waals surface area contributed by atoms with Gasteiger partial charge in [0.1, 0.15) is 0 Å². The Morgan fingerprint density at radius 1 is 1.28 bits per heavy atom. The van der Waals surface area contributed by atoms with Crippen LogP contribution in [0.5, 0.6) is 0 Å². The minimum absolute atomic E-state index is 0.279. The first-order valence-electron chi connectivity index (χ1n) is 7.64. The summed E-state index contributed by atoms with van der Waals surface area (Å²) in [5, 5.41) is 0. The first-order chi connectivity index (χ1) is 8.65. The van der Waals surface area contributed by atoms with Crippen LogP contribution in [0.1, 0.15) is 59.3 Å². The molecule has 0 aromatic carbocycles. The lowest BCUT2D eigenvalue weighted by atomic mass is 9.82. The standard InChI is InChI=1S/C16H27NO/c1-4-5-6-7-10-17-11-13(3)14-9-8-12(2)15(14)16(17)18/h11-12,14-15H,4-10H2,1-3H3/t12-,14+,15+/m0/s1. The van der Waals surface area contributed by atoms with Crippen LogP contribution in [0.4, 0.5) is 0 Å². The second kappa shape index (κ2) is 5.90. The summed E-state index contributed by atoms with van der Waals surface area (Å²) >= 11 is 0. The van der Waals surface area contributed by atoms with E-state index < -0.39 is 0 Å². The number of hydrogen-bond donors (Lipinski definition) is 0. The number of amides is 1. The van der Waals surface area contributed by atoms with E-state index in [0.29, 0.717) is 17.7 Å². The number of carbonyl (C=O) groups excluding carboxylic acids is 1. The number of allylic oxidation sites excluding steroid dienone is 1. The fourth-order valence-corrected chi connectivity index (χ4v) is 3.60. The molecule has 2 rings (SSSR count). The molecule has 2 heteroatoms. The van der Waals surface area contributed by atoms with Crippen LogP contribution in [0, 0.1) is 17.8 Å². The van der Waals surface area contributed by atoms with Crippen LogP contribution in [0.15, 0.2) is 11.8 Å². The molecule has 0 unspecified atom stereocenters. The highest BCUT2D eigenvalue weighted by Gasteiger charge is 2.43. The number of rotatable bonds is 5. The van der Waals surface area contributed by atoms with Gasteiger partial charge in [-0.2, -0.15) is 0 Å². The van der Waals surface area contributed by atoms with Crippen LogP contribution < -0.4 is 0 Å². The summed E-state index contributed by atoms with van der Waals surface area (Å²) in [7, 11) is 0. The van der Waals surface area contributed by atoms with Gasteiger partial charge in [-0.3, -0.25) is 4.79 Å². The van der Waals surface area contributed by atoms with Crippen molar-refractivity contribution in [2.75, 3.05) is 6.54 Å². The van der Waals surface area contributed by atoms with Gasteiger partial charge in [-0.15, -0.1) is 0 Å². The van der Waals surface area contributed by atoms with Gasteiger partial charge in [0.05, 0.1) is 0 Å². The highest BCUT2D eigenvalue weighted by Crippen LogP contribution is 2.44. The van der Waals surface area contributed by atoms with E-state index in [1.54, 1.807) is 0 Å². The van der Waals surface area contributed by atoms with Gasteiger partial charge >= 0.3 is 0 Å². The van der Waals surface area contributed by atoms with Gasteiger partial charge in [0.15, 0.2) is 0 Å². The van der Waals surface area contributed by atoms with Gasteiger partial charge in [0.25, 0.3) is 0 Å². The molecule has 1 aliphatic carbocycles. The normalized spacial score (nSPS) is 31.5. The number of hydrogen-bond acceptors (Lipinski definition) is 1. The Kier molecular flexibility index (Phi) is 4.47. The van der Waals surface area contributed by atoms with Gasteiger partial charge in [-0.25, -0.2) is 0 Å². The molecule has 0 bridgehead atoms. The Hall–Kier alpha value is -0.790. The zero-order valence-corrected chi connectivity index (χ0v) is 12.1. The van der Waals surface area contributed by atoms with E-state index in [4.69, 9.17) is 0 Å². The molecule has 1 saturated carbocycles. The average Bonchev–Trinajstić information content (AvgIpc) is 2.73. The van der Waals surface area contributed by atoms with E-state index >= 15 is 0 Å². The van der Waals surface area contributed by atoms with Gasteiger partial charge in [0.2, 0.25) is 5.91 Å². The van der Waals surface area contributed by atoms with Crippen LogP contribution in [-0.4, -0.2) is 17.4 Å². The van der Waals surface area contributed by atoms with Crippen molar-refractivity contribution >= 4 is 5.91 Å². The highest BCUT2D eigenvalue weighted by molar-refractivity contribution is 5.82. The van der Waals surface area contributed by atoms with Crippen LogP contribution in [-0.2, 0) is 4.79 Å². The minimum atomic E-state index is 0.279. The van der Waals surface area contributed by atoms with Crippen molar-refractivity contribution < 1.29 is 4.79 Å². The third kappa shape index (κ3) is 2.62. The molecule has 0 N–H and O–H groups in total. The van der Waals surface area contributed by atoms with Crippen LogP contribution >= 0.6 is 0 Å². The van der Waals surface area contributed by atoms with Crippen molar-refractivity contribution in [3.63, 3.8) is 0 Å². The SMILES string of the molecule is CCCCCCN1C=C(C)[C@H]2CC[C@H](C)[C@H]2C1=O. The Morgan fingerprint density at radius 3 is 2.78 bits per heavy atom. The summed E-state index contributed by atoms with van der Waals surface area (Å²) in [6.07, 6.45) is 9.50. The second-order valence-corrected chi connectivity index (χ2v) is 6.15. The van der Waals surface area contributed by atoms with E-state index in [9.17, 15) is 4.79 Å². The molecule has 102 valence electrons. The third-order valence-electron chi connectivity index (χ3n) is 4.74. The quantitative estimate of drug-likeness (QED) is 0.675. The Bertz CT molecular complexity index is 334. The zero-order chi connectivity index (χ0) is 13.1. The Balaban J connectivity index is 1.97. The molecule has 1 aliphatic heterocycles. The van der Waals surface area contributed by atoms with E-state index in [2.05, 4.69) is 27.0 Å². The first kappa shape index (κ1) is 13.6. The van der Waals surface area contributed by atoms with Crippen molar-refractivity contribution in [3.8, 4) is 0 Å². The lowest BCUT2D eigenvalue weighted by Gasteiger charge is -2.34. The Morgan fingerprint density at radius 2 is 2.06 bits per heavy atom. The van der Waals surface area contributed by atoms with E-state index in [1.165, 1.54) is 37.7 Å². The zero-order valence-electron chi connectivity index (χ0n) is 12.1. The average molecular weight is 249 g/mol. The van der Waals surface area contributed by atoms with E-state index in [1.807, 2.05) is 4.90 Å². The van der Waals surface area contributed by atoms with Gasteiger partial charge < -0.3 is 4.90 Å². The minimum Gasteiger partial charge on any atom is -0.319 e. The molecular formula is C16H27NO. The van der Waals surface area contributed by atoms with E-state index in [0.717, 1.165) is 13.0 Å². The fourth-order valence-electron chi connectivity index (χ4n) is 3.60. The van der Waals surface area contributed by atoms with Crippen molar-refractivity contribution in [1.29, 1.82) is 0 Å². The second-order valence-electron chi connectivity index (χ2n) is 6.15. The monoisotopic (exact) mass is 249 g/mol. The van der Waals surface area contributed by atoms with Gasteiger partial charge in [0, 0.05) is 18.7 Å². The molecule has 2 nitrogen and oxygen atoms in total. The smallest absolute Gasteiger partial charge is 0.230 e. The number of carbonyl (C=O) groups is 1. The summed E-state index contributed by atoms with van der Waals surface area (Å²) in [5.41, 5.74) is 1.43. The molecule has 18 heavy (non-hydrogen) atoms. The van der Waals surface area contributed by atoms with Gasteiger partial charge in [-0.1, -0.05) is 38.7 Å². The predicted molar refractivity (Wildman–Crippen MR) is 75.0 cm³/mol. The molecule has 1 fully saturated rings. The van der Waals surface area contributed by atoms with Crippen LogP contribution in [0.25, 0.3) is 0 Å². The largest absolute Gasteiger partial charge is 0.319 e. The number of fused-ring (bicyclic) bond motifs is 1. The molecule has 3 atom stereocenters. The van der Waals surface area contributed by atoms with Crippen molar-refractivity contribution in [3.05, 3.63) is 11.8 Å². The molecule has 0 spiro atoms. The maximum Gasteiger partial charge on any atom is 0.230 e. The summed E-state index contributed by atoms with van der Waals surface area (Å²) in [5.74, 6) is 1.79. The molecule has 0 radical (unpaired) electrons. The lowest BCUT2D eigenvalue weighted by molar-refractivity contribution is -0.136. The molecule has 0 aromatic rings.